The van der Waals surface area contributed by atoms with Crippen LogP contribution in [0.15, 0.2) is 24.3 Å². The second kappa shape index (κ2) is 5.82. The predicted octanol–water partition coefficient (Wildman–Crippen LogP) is 3.85. The van der Waals surface area contributed by atoms with Gasteiger partial charge < -0.3 is 0 Å². The summed E-state index contributed by atoms with van der Waals surface area (Å²) in [6.45, 7) is 0. The highest BCUT2D eigenvalue weighted by molar-refractivity contribution is 6.31. The van der Waals surface area contributed by atoms with Crippen molar-refractivity contribution in [2.75, 3.05) is 0 Å². The molecule has 0 saturated heterocycles. The van der Waals surface area contributed by atoms with Gasteiger partial charge in [-0.2, -0.15) is 0 Å². The molecule has 104 valence electrons. The molecule has 1 N–H and O–H groups in total. The lowest BCUT2D eigenvalue weighted by Gasteiger charge is -2.38. The van der Waals surface area contributed by atoms with E-state index in [1.54, 1.807) is 0 Å². The van der Waals surface area contributed by atoms with Gasteiger partial charge in [-0.1, -0.05) is 36.2 Å². The van der Waals surface area contributed by atoms with E-state index in [2.05, 4.69) is 5.32 Å². The third kappa shape index (κ3) is 2.81. The minimum absolute atomic E-state index is 0. The van der Waals surface area contributed by atoms with E-state index in [9.17, 15) is 4.79 Å². The SMILES string of the molecule is Cl.O=C1CCCCC1(NC1CC1)c1ccccc1Cl. The molecule has 0 aliphatic heterocycles. The van der Waals surface area contributed by atoms with Crippen molar-refractivity contribution in [1.29, 1.82) is 0 Å². The van der Waals surface area contributed by atoms with Crippen molar-refractivity contribution in [3.63, 3.8) is 0 Å². The summed E-state index contributed by atoms with van der Waals surface area (Å²) < 4.78 is 0. The van der Waals surface area contributed by atoms with Gasteiger partial charge in [0.1, 0.15) is 5.54 Å². The Morgan fingerprint density at radius 2 is 1.95 bits per heavy atom. The van der Waals surface area contributed by atoms with Crippen molar-refractivity contribution in [3.05, 3.63) is 34.9 Å². The number of carbonyl (C=O) groups is 1. The van der Waals surface area contributed by atoms with E-state index in [1.165, 1.54) is 12.8 Å². The first-order valence-corrected chi connectivity index (χ1v) is 7.16. The Balaban J connectivity index is 0.00000133. The first-order chi connectivity index (χ1) is 8.72. The lowest BCUT2D eigenvalue weighted by molar-refractivity contribution is -0.128. The average Bonchev–Trinajstić information content (AvgIpc) is 3.17. The molecular weight excluding hydrogens is 281 g/mol. The molecule has 0 bridgehead atoms. The lowest BCUT2D eigenvalue weighted by atomic mass is 9.75. The van der Waals surface area contributed by atoms with Gasteiger partial charge in [0.05, 0.1) is 0 Å². The topological polar surface area (TPSA) is 29.1 Å². The number of halogens is 2. The standard InChI is InChI=1S/C15H18ClNO.ClH/c16-13-6-2-1-5-12(13)15(17-11-8-9-11)10-4-3-7-14(15)18;/h1-2,5-6,11,17H,3-4,7-10H2;1H. The number of carbonyl (C=O) groups excluding carboxylic acids is 1. The van der Waals surface area contributed by atoms with E-state index < -0.39 is 5.54 Å². The quantitative estimate of drug-likeness (QED) is 0.918. The smallest absolute Gasteiger partial charge is 0.157 e. The van der Waals surface area contributed by atoms with Crippen LogP contribution in [-0.4, -0.2) is 11.8 Å². The van der Waals surface area contributed by atoms with Crippen LogP contribution in [0.5, 0.6) is 0 Å². The van der Waals surface area contributed by atoms with Crippen LogP contribution >= 0.6 is 24.0 Å². The molecule has 0 aromatic heterocycles. The molecule has 2 nitrogen and oxygen atoms in total. The minimum atomic E-state index is -0.516. The fourth-order valence-corrected chi connectivity index (χ4v) is 3.22. The van der Waals surface area contributed by atoms with Crippen LogP contribution < -0.4 is 5.32 Å². The van der Waals surface area contributed by atoms with E-state index in [-0.39, 0.29) is 12.4 Å². The zero-order valence-electron chi connectivity index (χ0n) is 10.8. The maximum absolute atomic E-state index is 12.5. The Morgan fingerprint density at radius 1 is 1.21 bits per heavy atom. The molecule has 3 rings (SSSR count). The first-order valence-electron chi connectivity index (χ1n) is 6.78. The molecule has 2 aliphatic carbocycles. The summed E-state index contributed by atoms with van der Waals surface area (Å²) in [5.41, 5.74) is 0.459. The molecular formula is C15H19Cl2NO. The van der Waals surface area contributed by atoms with Crippen LogP contribution in [-0.2, 0) is 10.3 Å². The summed E-state index contributed by atoms with van der Waals surface area (Å²) in [6.07, 6.45) is 6.02. The van der Waals surface area contributed by atoms with Gasteiger partial charge in [-0.05, 0) is 37.3 Å². The summed E-state index contributed by atoms with van der Waals surface area (Å²) in [7, 11) is 0. The molecule has 1 aromatic rings. The minimum Gasteiger partial charge on any atom is -0.298 e. The number of nitrogens with one attached hydrogen (secondary N) is 1. The number of benzene rings is 1. The summed E-state index contributed by atoms with van der Waals surface area (Å²) in [6, 6.07) is 8.28. The fraction of sp³-hybridized carbons (Fsp3) is 0.533. The normalized spacial score (nSPS) is 26.9. The van der Waals surface area contributed by atoms with E-state index in [0.29, 0.717) is 23.3 Å². The van der Waals surface area contributed by atoms with Crippen LogP contribution in [0, 0.1) is 0 Å². The number of rotatable bonds is 3. The predicted molar refractivity (Wildman–Crippen MR) is 80.0 cm³/mol. The first kappa shape index (κ1) is 14.8. The van der Waals surface area contributed by atoms with Crippen LogP contribution in [0.25, 0.3) is 0 Å². The van der Waals surface area contributed by atoms with Crippen LogP contribution in [0.4, 0.5) is 0 Å². The number of hydrogen-bond donors (Lipinski definition) is 1. The summed E-state index contributed by atoms with van der Waals surface area (Å²) in [5, 5.41) is 4.29. The number of ketones is 1. The van der Waals surface area contributed by atoms with Gasteiger partial charge in [0.2, 0.25) is 0 Å². The van der Waals surface area contributed by atoms with Crippen LogP contribution in [0.3, 0.4) is 0 Å². The highest BCUT2D eigenvalue weighted by Crippen LogP contribution is 2.40. The second-order valence-corrected chi connectivity index (χ2v) is 5.84. The lowest BCUT2D eigenvalue weighted by Crippen LogP contribution is -2.52. The van der Waals surface area contributed by atoms with Gasteiger partial charge in [-0.25, -0.2) is 0 Å². The van der Waals surface area contributed by atoms with Gasteiger partial charge in [-0.3, -0.25) is 10.1 Å². The molecule has 4 heteroatoms. The maximum Gasteiger partial charge on any atom is 0.157 e. The van der Waals surface area contributed by atoms with E-state index >= 15 is 0 Å². The van der Waals surface area contributed by atoms with Crippen LogP contribution in [0.1, 0.15) is 44.1 Å². The Bertz CT molecular complexity index is 473. The molecule has 1 atom stereocenters. The van der Waals surface area contributed by atoms with Gasteiger partial charge in [0.15, 0.2) is 5.78 Å². The Morgan fingerprint density at radius 3 is 2.58 bits per heavy atom. The monoisotopic (exact) mass is 299 g/mol. The zero-order valence-corrected chi connectivity index (χ0v) is 12.4. The second-order valence-electron chi connectivity index (χ2n) is 5.43. The van der Waals surface area contributed by atoms with Gasteiger partial charge in [0, 0.05) is 17.5 Å². The summed E-state index contributed by atoms with van der Waals surface area (Å²) in [4.78, 5) is 12.5. The van der Waals surface area contributed by atoms with Crippen molar-refractivity contribution in [1.82, 2.24) is 5.32 Å². The molecule has 0 radical (unpaired) electrons. The molecule has 2 fully saturated rings. The Hall–Kier alpha value is -0.570. The summed E-state index contributed by atoms with van der Waals surface area (Å²) >= 11 is 6.32. The molecule has 0 heterocycles. The van der Waals surface area contributed by atoms with Gasteiger partial charge in [0.25, 0.3) is 0 Å². The van der Waals surface area contributed by atoms with E-state index in [4.69, 9.17) is 11.6 Å². The molecule has 0 amide bonds. The zero-order chi connectivity index (χ0) is 12.6. The summed E-state index contributed by atoms with van der Waals surface area (Å²) in [5.74, 6) is 0.314. The van der Waals surface area contributed by atoms with Crippen molar-refractivity contribution in [3.8, 4) is 0 Å². The van der Waals surface area contributed by atoms with Crippen molar-refractivity contribution < 1.29 is 4.79 Å². The maximum atomic E-state index is 12.5. The Kier molecular flexibility index (Phi) is 4.54. The molecule has 2 aliphatic rings. The van der Waals surface area contributed by atoms with E-state index in [0.717, 1.165) is 24.8 Å². The molecule has 1 aromatic carbocycles. The van der Waals surface area contributed by atoms with Gasteiger partial charge >= 0.3 is 0 Å². The molecule has 1 unspecified atom stereocenters. The number of hydrogen-bond acceptors (Lipinski definition) is 2. The molecule has 19 heavy (non-hydrogen) atoms. The highest BCUT2D eigenvalue weighted by atomic mass is 35.5. The van der Waals surface area contributed by atoms with Crippen molar-refractivity contribution >= 4 is 29.8 Å². The third-order valence-electron chi connectivity index (χ3n) is 4.04. The van der Waals surface area contributed by atoms with Crippen molar-refractivity contribution in [2.24, 2.45) is 0 Å². The average molecular weight is 300 g/mol. The van der Waals surface area contributed by atoms with Crippen LogP contribution in [0.2, 0.25) is 5.02 Å². The largest absolute Gasteiger partial charge is 0.298 e. The fourth-order valence-electron chi connectivity index (χ4n) is 2.93. The van der Waals surface area contributed by atoms with Gasteiger partial charge in [-0.15, -0.1) is 12.4 Å². The third-order valence-corrected chi connectivity index (χ3v) is 4.37. The number of Topliss-reactive ketones (excluding diaryl/α,β-unsaturated/α-hetero) is 1. The van der Waals surface area contributed by atoms with Crippen molar-refractivity contribution in [2.45, 2.75) is 50.1 Å². The Labute approximate surface area is 125 Å². The molecule has 2 saturated carbocycles. The molecule has 0 spiro atoms. The highest BCUT2D eigenvalue weighted by Gasteiger charge is 2.45. The van der Waals surface area contributed by atoms with E-state index in [1.807, 2.05) is 24.3 Å².